The minimum Gasteiger partial charge on any atom is -0.476 e. The largest absolute Gasteiger partial charge is 0.476 e. The summed E-state index contributed by atoms with van der Waals surface area (Å²) in [5, 5.41) is 2.30. The van der Waals surface area contributed by atoms with Gasteiger partial charge in [0.15, 0.2) is 22.3 Å². The van der Waals surface area contributed by atoms with E-state index < -0.39 is 59.3 Å². The van der Waals surface area contributed by atoms with Crippen LogP contribution in [0.15, 0.2) is 45.5 Å². The van der Waals surface area contributed by atoms with Gasteiger partial charge in [-0.25, -0.2) is 18.6 Å². The zero-order valence-electron chi connectivity index (χ0n) is 17.6. The zero-order valence-corrected chi connectivity index (χ0v) is 19.2. The second-order valence-electron chi connectivity index (χ2n) is 6.83. The molecule has 0 fully saturated rings. The van der Waals surface area contributed by atoms with E-state index in [0.717, 1.165) is 43.5 Å². The predicted octanol–water partition coefficient (Wildman–Crippen LogP) is 4.98. The first-order valence-electron chi connectivity index (χ1n) is 9.52. The van der Waals surface area contributed by atoms with Crippen LogP contribution >= 0.6 is 15.9 Å². The molecule has 1 aromatic heterocycles. The fourth-order valence-corrected chi connectivity index (χ4v) is 3.36. The molecule has 0 spiro atoms. The van der Waals surface area contributed by atoms with Crippen molar-refractivity contribution in [3.63, 3.8) is 0 Å². The van der Waals surface area contributed by atoms with E-state index in [1.807, 2.05) is 0 Å². The molecule has 0 bridgehead atoms. The van der Waals surface area contributed by atoms with Crippen LogP contribution in [0.5, 0.6) is 5.75 Å². The van der Waals surface area contributed by atoms with Gasteiger partial charge in [0.1, 0.15) is 17.1 Å². The van der Waals surface area contributed by atoms with Crippen molar-refractivity contribution in [3.8, 4) is 17.0 Å². The molecule has 3 N–H and O–H groups in total. The van der Waals surface area contributed by atoms with Crippen molar-refractivity contribution in [1.29, 1.82) is 0 Å². The molecule has 3 aromatic rings. The summed E-state index contributed by atoms with van der Waals surface area (Å²) < 4.78 is 82.5. The number of ether oxygens (including phenoxy) is 2. The van der Waals surface area contributed by atoms with E-state index in [1.165, 1.54) is 0 Å². The number of alkyl halides is 3. The number of alkyl carbamates (subject to hydrolysis) is 1. The molecule has 0 radical (unpaired) electrons. The standard InChI is InChI=1S/C21H15BrF5N3O5/c1-33-20(32)29-8-13(34-12-7-6-11(23)14(15(12)24)18(28)31)19-30-16(17(22)35-19)9-2-4-10(5-3-9)21(25,26)27/h2-7,13H,8H2,1H3,(H2,28,31)(H,29,32). The molecule has 3 rings (SSSR count). The van der Waals surface area contributed by atoms with Crippen molar-refractivity contribution < 1.29 is 45.4 Å². The summed E-state index contributed by atoms with van der Waals surface area (Å²) in [4.78, 5) is 27.1. The lowest BCUT2D eigenvalue weighted by atomic mass is 10.1. The smallest absolute Gasteiger partial charge is 0.416 e. The first-order valence-corrected chi connectivity index (χ1v) is 10.3. The molecular formula is C21H15BrF5N3O5. The molecule has 1 unspecified atom stereocenters. The second-order valence-corrected chi connectivity index (χ2v) is 7.55. The maximum atomic E-state index is 14.7. The summed E-state index contributed by atoms with van der Waals surface area (Å²) in [5.41, 5.74) is 3.42. The number of nitrogens with zero attached hydrogens (tertiary/aromatic N) is 1. The third kappa shape index (κ3) is 5.88. The predicted molar refractivity (Wildman–Crippen MR) is 113 cm³/mol. The number of methoxy groups -OCH3 is 1. The van der Waals surface area contributed by atoms with Crippen LogP contribution in [-0.2, 0) is 10.9 Å². The highest BCUT2D eigenvalue weighted by atomic mass is 79.9. The summed E-state index contributed by atoms with van der Waals surface area (Å²) in [5.74, 6) is -4.84. The van der Waals surface area contributed by atoms with E-state index in [4.69, 9.17) is 14.9 Å². The van der Waals surface area contributed by atoms with Gasteiger partial charge in [-0.2, -0.15) is 13.2 Å². The van der Waals surface area contributed by atoms with Crippen LogP contribution in [0.1, 0.15) is 27.9 Å². The Balaban J connectivity index is 1.97. The molecule has 186 valence electrons. The number of carbonyl (C=O) groups is 2. The quantitative estimate of drug-likeness (QED) is 0.392. The van der Waals surface area contributed by atoms with Gasteiger partial charge in [-0.05, 0) is 40.2 Å². The van der Waals surface area contributed by atoms with Crippen molar-refractivity contribution in [2.24, 2.45) is 5.73 Å². The number of hydrogen-bond donors (Lipinski definition) is 2. The average molecular weight is 564 g/mol. The van der Waals surface area contributed by atoms with Crippen LogP contribution in [-0.4, -0.2) is 30.6 Å². The van der Waals surface area contributed by atoms with Gasteiger partial charge in [0, 0.05) is 5.56 Å². The van der Waals surface area contributed by atoms with Crippen molar-refractivity contribution in [3.05, 3.63) is 69.7 Å². The number of nitrogens with two attached hydrogens (primary N) is 1. The third-order valence-electron chi connectivity index (χ3n) is 4.55. The Morgan fingerprint density at radius 2 is 1.83 bits per heavy atom. The summed E-state index contributed by atoms with van der Waals surface area (Å²) in [6, 6.07) is 5.66. The Morgan fingerprint density at radius 1 is 1.17 bits per heavy atom. The molecule has 0 aliphatic heterocycles. The first-order chi connectivity index (χ1) is 16.4. The molecule has 2 amide bonds. The maximum Gasteiger partial charge on any atom is 0.416 e. The number of nitrogens with one attached hydrogen (secondary N) is 1. The highest BCUT2D eigenvalue weighted by molar-refractivity contribution is 9.10. The van der Waals surface area contributed by atoms with Crippen LogP contribution in [0.2, 0.25) is 0 Å². The molecule has 35 heavy (non-hydrogen) atoms. The van der Waals surface area contributed by atoms with Crippen molar-refractivity contribution in [1.82, 2.24) is 10.3 Å². The van der Waals surface area contributed by atoms with Crippen LogP contribution in [0.25, 0.3) is 11.3 Å². The van der Waals surface area contributed by atoms with Gasteiger partial charge in [-0.15, -0.1) is 0 Å². The number of amides is 2. The number of oxazole rings is 1. The lowest BCUT2D eigenvalue weighted by Gasteiger charge is -2.17. The molecule has 2 aromatic carbocycles. The van der Waals surface area contributed by atoms with E-state index in [1.54, 1.807) is 0 Å². The fraction of sp³-hybridized carbons (Fsp3) is 0.190. The number of rotatable bonds is 7. The van der Waals surface area contributed by atoms with E-state index in [2.05, 4.69) is 31.0 Å². The summed E-state index contributed by atoms with van der Waals surface area (Å²) in [6.45, 7) is -0.394. The molecule has 1 atom stereocenters. The van der Waals surface area contributed by atoms with Gasteiger partial charge in [0.2, 0.25) is 5.89 Å². The van der Waals surface area contributed by atoms with Gasteiger partial charge in [0.05, 0.1) is 19.2 Å². The molecular weight excluding hydrogens is 549 g/mol. The summed E-state index contributed by atoms with van der Waals surface area (Å²) >= 11 is 3.11. The molecule has 0 aliphatic rings. The van der Waals surface area contributed by atoms with Crippen LogP contribution in [0, 0.1) is 11.6 Å². The van der Waals surface area contributed by atoms with Gasteiger partial charge in [0.25, 0.3) is 5.91 Å². The Hall–Kier alpha value is -3.68. The number of halogens is 6. The zero-order chi connectivity index (χ0) is 25.9. The Kier molecular flexibility index (Phi) is 7.63. The van der Waals surface area contributed by atoms with Gasteiger partial charge < -0.3 is 24.9 Å². The number of aromatic nitrogens is 1. The summed E-state index contributed by atoms with van der Waals surface area (Å²) in [6.07, 6.45) is -6.77. The summed E-state index contributed by atoms with van der Waals surface area (Å²) in [7, 11) is 1.09. The minimum atomic E-state index is -4.54. The maximum absolute atomic E-state index is 14.7. The van der Waals surface area contributed by atoms with Crippen molar-refractivity contribution in [2.45, 2.75) is 12.3 Å². The number of primary amides is 1. The third-order valence-corrected chi connectivity index (χ3v) is 5.09. The number of carbonyl (C=O) groups excluding carboxylic acids is 2. The fourth-order valence-electron chi connectivity index (χ4n) is 2.88. The highest BCUT2D eigenvalue weighted by Gasteiger charge is 2.31. The average Bonchev–Trinajstić information content (AvgIpc) is 3.18. The van der Waals surface area contributed by atoms with E-state index in [-0.39, 0.29) is 21.8 Å². The molecule has 0 saturated heterocycles. The lowest BCUT2D eigenvalue weighted by Crippen LogP contribution is -2.31. The lowest BCUT2D eigenvalue weighted by molar-refractivity contribution is -0.137. The van der Waals surface area contributed by atoms with Crippen LogP contribution in [0.3, 0.4) is 0 Å². The topological polar surface area (TPSA) is 117 Å². The monoisotopic (exact) mass is 563 g/mol. The van der Waals surface area contributed by atoms with Crippen LogP contribution < -0.4 is 15.8 Å². The van der Waals surface area contributed by atoms with Crippen molar-refractivity contribution in [2.75, 3.05) is 13.7 Å². The molecule has 0 saturated carbocycles. The Bertz CT molecular complexity index is 1250. The van der Waals surface area contributed by atoms with Gasteiger partial charge in [-0.1, -0.05) is 12.1 Å². The molecule has 8 nitrogen and oxygen atoms in total. The minimum absolute atomic E-state index is 0.00340. The molecule has 1 heterocycles. The second kappa shape index (κ2) is 10.3. The van der Waals surface area contributed by atoms with Crippen molar-refractivity contribution >= 4 is 27.9 Å². The van der Waals surface area contributed by atoms with E-state index in [9.17, 15) is 31.5 Å². The Morgan fingerprint density at radius 3 is 2.40 bits per heavy atom. The highest BCUT2D eigenvalue weighted by Crippen LogP contribution is 2.35. The van der Waals surface area contributed by atoms with E-state index >= 15 is 0 Å². The van der Waals surface area contributed by atoms with Crippen LogP contribution in [0.4, 0.5) is 26.7 Å². The normalized spacial score (nSPS) is 12.2. The SMILES string of the molecule is COC(=O)NCC(Oc1ccc(F)c(C(N)=O)c1F)c1nc(-c2ccc(C(F)(F)F)cc2)c(Br)o1. The number of benzene rings is 2. The van der Waals surface area contributed by atoms with Gasteiger partial charge in [-0.3, -0.25) is 4.79 Å². The van der Waals surface area contributed by atoms with E-state index in [0.29, 0.717) is 0 Å². The number of hydrogen-bond acceptors (Lipinski definition) is 6. The molecule has 0 aliphatic carbocycles. The first kappa shape index (κ1) is 25.9. The van der Waals surface area contributed by atoms with Gasteiger partial charge >= 0.3 is 12.3 Å². The Labute approximate surface area is 202 Å². The molecule has 14 heteroatoms.